The molecule has 160 valence electrons. The predicted molar refractivity (Wildman–Crippen MR) is 126 cm³/mol. The molecule has 31 heavy (non-hydrogen) atoms. The zero-order valence-corrected chi connectivity index (χ0v) is 18.5. The van der Waals surface area contributed by atoms with Crippen molar-refractivity contribution in [1.82, 2.24) is 10.6 Å². The van der Waals surface area contributed by atoms with Crippen molar-refractivity contribution in [2.75, 3.05) is 12.3 Å². The molecule has 2 N–H and O–H groups in total. The van der Waals surface area contributed by atoms with Gasteiger partial charge in [0.05, 0.1) is 6.26 Å². The van der Waals surface area contributed by atoms with Crippen LogP contribution in [0.1, 0.15) is 32.8 Å². The van der Waals surface area contributed by atoms with Crippen LogP contribution >= 0.6 is 11.8 Å². The lowest BCUT2D eigenvalue weighted by atomic mass is 10.1. The highest BCUT2D eigenvalue weighted by atomic mass is 32.2. The summed E-state index contributed by atoms with van der Waals surface area (Å²) in [6.07, 6.45) is 3.05. The molecule has 3 rings (SSSR count). The van der Waals surface area contributed by atoms with E-state index in [-0.39, 0.29) is 17.5 Å². The van der Waals surface area contributed by atoms with Crippen molar-refractivity contribution in [3.05, 3.63) is 101 Å². The molecule has 0 saturated carbocycles. The van der Waals surface area contributed by atoms with E-state index in [0.717, 1.165) is 17.1 Å². The molecule has 1 aromatic heterocycles. The number of carbonyl (C=O) groups excluding carboxylic acids is 2. The van der Waals surface area contributed by atoms with E-state index < -0.39 is 0 Å². The highest BCUT2D eigenvalue weighted by molar-refractivity contribution is 7.98. The van der Waals surface area contributed by atoms with Gasteiger partial charge in [0.2, 0.25) is 0 Å². The first-order chi connectivity index (χ1) is 15.0. The van der Waals surface area contributed by atoms with Gasteiger partial charge in [-0.1, -0.05) is 48.0 Å². The predicted octanol–water partition coefficient (Wildman–Crippen LogP) is 4.72. The monoisotopic (exact) mass is 434 g/mol. The lowest BCUT2D eigenvalue weighted by Crippen LogP contribution is -2.36. The van der Waals surface area contributed by atoms with Crippen molar-refractivity contribution >= 4 is 29.7 Å². The summed E-state index contributed by atoms with van der Waals surface area (Å²) in [6.45, 7) is 4.42. The number of thioether (sulfide) groups is 1. The second-order valence-corrected chi connectivity index (χ2v) is 8.24. The Morgan fingerprint density at radius 2 is 1.77 bits per heavy atom. The van der Waals surface area contributed by atoms with Gasteiger partial charge in [0.15, 0.2) is 0 Å². The molecule has 0 aliphatic rings. The highest BCUT2D eigenvalue weighted by Gasteiger charge is 2.16. The Morgan fingerprint density at radius 1 is 1.00 bits per heavy atom. The van der Waals surface area contributed by atoms with Gasteiger partial charge in [-0.3, -0.25) is 9.59 Å². The average molecular weight is 435 g/mol. The van der Waals surface area contributed by atoms with E-state index in [1.54, 1.807) is 36.0 Å². The minimum Gasteiger partial charge on any atom is -0.465 e. The average Bonchev–Trinajstić information content (AvgIpc) is 3.27. The van der Waals surface area contributed by atoms with Crippen LogP contribution in [0.25, 0.3) is 6.08 Å². The molecular formula is C25H26N2O3S. The van der Waals surface area contributed by atoms with Crippen LogP contribution in [0, 0.1) is 13.8 Å². The van der Waals surface area contributed by atoms with E-state index >= 15 is 0 Å². The molecule has 1 heterocycles. The van der Waals surface area contributed by atoms with Crippen molar-refractivity contribution in [2.45, 2.75) is 19.6 Å². The summed E-state index contributed by atoms with van der Waals surface area (Å²) < 4.78 is 5.31. The van der Waals surface area contributed by atoms with Crippen molar-refractivity contribution < 1.29 is 14.0 Å². The minimum absolute atomic E-state index is 0.145. The zero-order valence-electron chi connectivity index (χ0n) is 17.7. The van der Waals surface area contributed by atoms with Gasteiger partial charge in [-0.05, 0) is 43.2 Å². The van der Waals surface area contributed by atoms with Gasteiger partial charge in [0.25, 0.3) is 11.8 Å². The van der Waals surface area contributed by atoms with Crippen molar-refractivity contribution in [1.29, 1.82) is 0 Å². The quantitative estimate of drug-likeness (QED) is 0.378. The van der Waals surface area contributed by atoms with E-state index in [0.29, 0.717) is 17.9 Å². The molecule has 0 aliphatic heterocycles. The number of hydrogen-bond acceptors (Lipinski definition) is 4. The van der Waals surface area contributed by atoms with E-state index in [1.807, 2.05) is 19.1 Å². The number of carbonyl (C=O) groups is 2. The molecule has 2 amide bonds. The number of aryl methyl sites for hydroxylation is 2. The van der Waals surface area contributed by atoms with Gasteiger partial charge in [0, 0.05) is 29.7 Å². The first kappa shape index (κ1) is 22.4. The van der Waals surface area contributed by atoms with Gasteiger partial charge < -0.3 is 15.1 Å². The van der Waals surface area contributed by atoms with Crippen molar-refractivity contribution in [2.24, 2.45) is 0 Å². The van der Waals surface area contributed by atoms with E-state index in [9.17, 15) is 9.59 Å². The standard InChI is InChI=1S/C25H26N2O3S/c1-18-9-11-20(12-10-18)17-31-15-13-26-25(29)23(16-21-7-5-14-30-21)27-24(28)22-8-4-3-6-19(22)2/h3-12,14,16H,13,15,17H2,1-2H3,(H,26,29)(H,27,28)/b23-16-. The maximum absolute atomic E-state index is 12.7. The maximum atomic E-state index is 12.7. The van der Waals surface area contributed by atoms with Gasteiger partial charge in [-0.2, -0.15) is 11.8 Å². The highest BCUT2D eigenvalue weighted by Crippen LogP contribution is 2.13. The Kier molecular flexibility index (Phi) is 8.12. The summed E-state index contributed by atoms with van der Waals surface area (Å²) >= 11 is 1.74. The molecule has 0 saturated heterocycles. The third-order valence-corrected chi connectivity index (χ3v) is 5.66. The molecule has 0 atom stereocenters. The van der Waals surface area contributed by atoms with Gasteiger partial charge >= 0.3 is 0 Å². The fraction of sp³-hybridized carbons (Fsp3) is 0.200. The fourth-order valence-electron chi connectivity index (χ4n) is 2.90. The van der Waals surface area contributed by atoms with Crippen LogP contribution in [-0.4, -0.2) is 24.1 Å². The third-order valence-electron chi connectivity index (χ3n) is 4.63. The second kappa shape index (κ2) is 11.2. The summed E-state index contributed by atoms with van der Waals surface area (Å²) in [5.74, 6) is 1.45. The number of rotatable bonds is 9. The molecule has 0 radical (unpaired) electrons. The minimum atomic E-state index is -0.353. The Hall–Kier alpha value is -3.25. The Bertz CT molecular complexity index is 1040. The van der Waals surface area contributed by atoms with E-state index in [4.69, 9.17) is 4.42 Å². The molecule has 0 unspecified atom stereocenters. The molecule has 2 aromatic carbocycles. The van der Waals surface area contributed by atoms with Crippen LogP contribution in [0.4, 0.5) is 0 Å². The smallest absolute Gasteiger partial charge is 0.267 e. The molecule has 0 bridgehead atoms. The molecule has 3 aromatic rings. The Labute approximate surface area is 186 Å². The van der Waals surface area contributed by atoms with Gasteiger partial charge in [-0.15, -0.1) is 0 Å². The normalized spacial score (nSPS) is 11.2. The summed E-state index contributed by atoms with van der Waals surface area (Å²) in [6, 6.07) is 19.1. The van der Waals surface area contributed by atoms with Crippen molar-refractivity contribution in [3.63, 3.8) is 0 Å². The summed E-state index contributed by atoms with van der Waals surface area (Å²) in [5.41, 5.74) is 4.00. The number of amides is 2. The van der Waals surface area contributed by atoms with E-state index in [1.165, 1.54) is 23.5 Å². The molecule has 0 fully saturated rings. The third kappa shape index (κ3) is 6.89. The Morgan fingerprint density at radius 3 is 2.48 bits per heavy atom. The number of hydrogen-bond donors (Lipinski definition) is 2. The lowest BCUT2D eigenvalue weighted by Gasteiger charge is -2.12. The summed E-state index contributed by atoms with van der Waals surface area (Å²) in [5, 5.41) is 5.61. The first-order valence-corrected chi connectivity index (χ1v) is 11.2. The van der Waals surface area contributed by atoms with Crippen LogP contribution in [-0.2, 0) is 10.5 Å². The van der Waals surface area contributed by atoms with Gasteiger partial charge in [-0.25, -0.2) is 0 Å². The molecule has 5 nitrogen and oxygen atoms in total. The fourth-order valence-corrected chi connectivity index (χ4v) is 3.72. The molecule has 0 spiro atoms. The SMILES string of the molecule is Cc1ccc(CSCCNC(=O)/C(=C/c2ccco2)NC(=O)c2ccccc2C)cc1. The molecular weight excluding hydrogens is 408 g/mol. The van der Waals surface area contributed by atoms with Gasteiger partial charge in [0.1, 0.15) is 11.5 Å². The summed E-state index contributed by atoms with van der Waals surface area (Å²) in [4.78, 5) is 25.4. The van der Waals surface area contributed by atoms with Crippen LogP contribution in [0.3, 0.4) is 0 Å². The van der Waals surface area contributed by atoms with Crippen LogP contribution in [0.15, 0.2) is 77.0 Å². The van der Waals surface area contributed by atoms with E-state index in [2.05, 4.69) is 41.8 Å². The largest absolute Gasteiger partial charge is 0.465 e. The van der Waals surface area contributed by atoms with Crippen LogP contribution in [0.2, 0.25) is 0 Å². The number of benzene rings is 2. The number of furan rings is 1. The maximum Gasteiger partial charge on any atom is 0.267 e. The molecule has 0 aliphatic carbocycles. The number of nitrogens with one attached hydrogen (secondary N) is 2. The Balaban J connectivity index is 1.57. The van der Waals surface area contributed by atoms with Crippen molar-refractivity contribution in [3.8, 4) is 0 Å². The molecule has 6 heteroatoms. The van der Waals surface area contributed by atoms with Crippen LogP contribution < -0.4 is 10.6 Å². The zero-order chi connectivity index (χ0) is 22.1. The lowest BCUT2D eigenvalue weighted by molar-refractivity contribution is -0.117. The first-order valence-electron chi connectivity index (χ1n) is 10.1. The summed E-state index contributed by atoms with van der Waals surface area (Å²) in [7, 11) is 0. The topological polar surface area (TPSA) is 71.3 Å². The second-order valence-electron chi connectivity index (χ2n) is 7.14. The van der Waals surface area contributed by atoms with Crippen LogP contribution in [0.5, 0.6) is 0 Å².